The smallest absolute Gasteiger partial charge is 0.338 e. The van der Waals surface area contributed by atoms with Gasteiger partial charge in [0, 0.05) is 18.9 Å². The number of hydrogen-bond donors (Lipinski definition) is 0. The average Bonchev–Trinajstić information content (AvgIpc) is 2.87. The van der Waals surface area contributed by atoms with Gasteiger partial charge < -0.3 is 23.7 Å². The summed E-state index contributed by atoms with van der Waals surface area (Å²) in [7, 11) is 2.99. The summed E-state index contributed by atoms with van der Waals surface area (Å²) >= 11 is 0.946. The van der Waals surface area contributed by atoms with Crippen LogP contribution in [0.1, 0.15) is 22.8 Å². The average molecular weight is 502 g/mol. The van der Waals surface area contributed by atoms with E-state index >= 15 is 0 Å². The first-order valence-electron chi connectivity index (χ1n) is 10.8. The highest BCUT2D eigenvalue weighted by Gasteiger charge is 2.49. The van der Waals surface area contributed by atoms with Crippen molar-refractivity contribution in [1.29, 1.82) is 0 Å². The van der Waals surface area contributed by atoms with E-state index in [1.807, 2.05) is 24.3 Å². The Balaban J connectivity index is 1.81. The fourth-order valence-electron chi connectivity index (χ4n) is 3.65. The van der Waals surface area contributed by atoms with E-state index in [9.17, 15) is 9.59 Å². The first-order chi connectivity index (χ1) is 17.0. The highest BCUT2D eigenvalue weighted by atomic mass is 32.2. The van der Waals surface area contributed by atoms with Gasteiger partial charge in [-0.15, -0.1) is 0 Å². The van der Waals surface area contributed by atoms with E-state index in [2.05, 4.69) is 10.0 Å². The van der Waals surface area contributed by atoms with Crippen LogP contribution in [0.2, 0.25) is 0 Å². The predicted molar refractivity (Wildman–Crippen MR) is 129 cm³/mol. The summed E-state index contributed by atoms with van der Waals surface area (Å²) in [6.45, 7) is 1.77. The van der Waals surface area contributed by atoms with Gasteiger partial charge in [-0.05, 0) is 35.4 Å². The Bertz CT molecular complexity index is 1030. The first-order valence-corrected chi connectivity index (χ1v) is 11.7. The van der Waals surface area contributed by atoms with Crippen molar-refractivity contribution >= 4 is 22.8 Å². The van der Waals surface area contributed by atoms with Gasteiger partial charge >= 0.3 is 5.97 Å². The summed E-state index contributed by atoms with van der Waals surface area (Å²) in [6.07, 6.45) is -2.69. The van der Waals surface area contributed by atoms with Crippen LogP contribution in [-0.4, -0.2) is 61.7 Å². The molecule has 0 aliphatic carbocycles. The molecule has 11 heteroatoms. The van der Waals surface area contributed by atoms with Crippen LogP contribution < -0.4 is 4.74 Å². The number of methoxy groups -OCH3 is 2. The molecule has 0 saturated carbocycles. The van der Waals surface area contributed by atoms with E-state index in [4.69, 9.17) is 29.2 Å². The van der Waals surface area contributed by atoms with E-state index in [1.165, 1.54) is 14.0 Å². The molecular formula is C24H27N3O7S. The Kier molecular flexibility index (Phi) is 9.95. The SMILES string of the molecule is COc1ccc(COC[C@H]2O[C@H](OC)[C@H](N=[N+]=[N-])[C@@H](OC(=O)c3ccccc3)[C@H]2SC(C)=O)cc1. The summed E-state index contributed by atoms with van der Waals surface area (Å²) in [5.41, 5.74) is 10.4. The summed E-state index contributed by atoms with van der Waals surface area (Å²) in [6, 6.07) is 14.8. The molecule has 0 amide bonds. The maximum absolute atomic E-state index is 12.9. The normalized spacial score (nSPS) is 23.7. The summed E-state index contributed by atoms with van der Waals surface area (Å²) < 4.78 is 28.3. The monoisotopic (exact) mass is 501 g/mol. The minimum Gasteiger partial charge on any atom is -0.497 e. The summed E-state index contributed by atoms with van der Waals surface area (Å²) in [5, 5.41) is 2.87. The van der Waals surface area contributed by atoms with Crippen molar-refractivity contribution < 1.29 is 33.3 Å². The lowest BCUT2D eigenvalue weighted by atomic mass is 9.99. The molecule has 0 aromatic heterocycles. The number of carbonyl (C=O) groups excluding carboxylic acids is 2. The van der Waals surface area contributed by atoms with Crippen molar-refractivity contribution in [2.75, 3.05) is 20.8 Å². The van der Waals surface area contributed by atoms with Gasteiger partial charge in [-0.2, -0.15) is 0 Å². The molecule has 0 spiro atoms. The molecule has 0 bridgehead atoms. The van der Waals surface area contributed by atoms with Gasteiger partial charge in [0.15, 0.2) is 11.4 Å². The lowest BCUT2D eigenvalue weighted by Gasteiger charge is -2.43. The Morgan fingerprint density at radius 1 is 1.11 bits per heavy atom. The standard InChI is InChI=1S/C24H27N3O7S/c1-15(28)35-22-19(14-32-13-16-9-11-18(30-2)12-10-16)33-24(31-3)20(26-27-25)21(22)34-23(29)17-7-5-4-6-8-17/h4-12,19-22,24H,13-14H2,1-3H3/t19-,20-,21-,22+,24+/m1/s1. The molecule has 5 atom stereocenters. The molecule has 0 unspecified atom stereocenters. The third kappa shape index (κ3) is 7.20. The molecule has 1 saturated heterocycles. The number of carbonyl (C=O) groups is 2. The molecule has 1 aliphatic heterocycles. The van der Waals surface area contributed by atoms with Gasteiger partial charge in [-0.25, -0.2) is 4.79 Å². The van der Waals surface area contributed by atoms with Gasteiger partial charge in [0.1, 0.15) is 17.9 Å². The number of azide groups is 1. The molecule has 0 radical (unpaired) electrons. The number of ether oxygens (including phenoxy) is 5. The fourth-order valence-corrected chi connectivity index (χ4v) is 4.68. The fraction of sp³-hybridized carbons (Fsp3) is 0.417. The molecule has 2 aromatic rings. The molecule has 186 valence electrons. The molecule has 2 aromatic carbocycles. The van der Waals surface area contributed by atoms with Crippen LogP contribution in [0.4, 0.5) is 0 Å². The molecule has 10 nitrogen and oxygen atoms in total. The van der Waals surface area contributed by atoms with Crippen molar-refractivity contribution in [1.82, 2.24) is 0 Å². The summed E-state index contributed by atoms with van der Waals surface area (Å²) in [4.78, 5) is 27.9. The molecule has 3 rings (SSSR count). The molecular weight excluding hydrogens is 474 g/mol. The zero-order chi connectivity index (χ0) is 25.2. The first kappa shape index (κ1) is 26.5. The van der Waals surface area contributed by atoms with Crippen molar-refractivity contribution in [3.8, 4) is 5.75 Å². The van der Waals surface area contributed by atoms with Gasteiger partial charge in [0.25, 0.3) is 0 Å². The maximum atomic E-state index is 12.9. The van der Waals surface area contributed by atoms with E-state index < -0.39 is 35.8 Å². The second-order valence-corrected chi connectivity index (χ2v) is 9.00. The van der Waals surface area contributed by atoms with Crippen LogP contribution in [0.3, 0.4) is 0 Å². The van der Waals surface area contributed by atoms with Crippen LogP contribution in [0.15, 0.2) is 59.7 Å². The number of rotatable bonds is 10. The van der Waals surface area contributed by atoms with Crippen LogP contribution in [-0.2, 0) is 30.3 Å². The lowest BCUT2D eigenvalue weighted by Crippen LogP contribution is -2.58. The quantitative estimate of drug-likeness (QED) is 0.206. The van der Waals surface area contributed by atoms with Crippen molar-refractivity contribution in [3.05, 3.63) is 76.2 Å². The molecule has 0 N–H and O–H groups in total. The third-order valence-corrected chi connectivity index (χ3v) is 6.47. The Hall–Kier alpha value is -3.08. The van der Waals surface area contributed by atoms with Crippen LogP contribution in [0.25, 0.3) is 10.4 Å². The van der Waals surface area contributed by atoms with Gasteiger partial charge in [0.2, 0.25) is 0 Å². The lowest BCUT2D eigenvalue weighted by molar-refractivity contribution is -0.221. The maximum Gasteiger partial charge on any atom is 0.338 e. The molecule has 1 aliphatic rings. The molecule has 35 heavy (non-hydrogen) atoms. The van der Waals surface area contributed by atoms with Crippen molar-refractivity contribution in [2.24, 2.45) is 5.11 Å². The van der Waals surface area contributed by atoms with E-state index in [0.717, 1.165) is 23.1 Å². The van der Waals surface area contributed by atoms with Gasteiger partial charge in [-0.3, -0.25) is 4.79 Å². The summed E-state index contributed by atoms with van der Waals surface area (Å²) in [5.74, 6) is 0.120. The Morgan fingerprint density at radius 2 is 1.83 bits per heavy atom. The number of thioether (sulfide) groups is 1. The van der Waals surface area contributed by atoms with E-state index in [1.54, 1.807) is 37.4 Å². The topological polar surface area (TPSA) is 129 Å². The number of esters is 1. The highest BCUT2D eigenvalue weighted by molar-refractivity contribution is 8.14. The number of hydrogen-bond acceptors (Lipinski definition) is 9. The Labute approximate surface area is 207 Å². The van der Waals surface area contributed by atoms with Crippen LogP contribution >= 0.6 is 11.8 Å². The van der Waals surface area contributed by atoms with Gasteiger partial charge in [0.05, 0.1) is 37.2 Å². The third-order valence-electron chi connectivity index (χ3n) is 5.30. The molecule has 1 heterocycles. The largest absolute Gasteiger partial charge is 0.497 e. The van der Waals surface area contributed by atoms with Crippen molar-refractivity contribution in [2.45, 2.75) is 43.3 Å². The van der Waals surface area contributed by atoms with Crippen LogP contribution in [0.5, 0.6) is 5.75 Å². The van der Waals surface area contributed by atoms with Gasteiger partial charge in [-0.1, -0.05) is 47.2 Å². The Morgan fingerprint density at radius 3 is 2.43 bits per heavy atom. The minimum atomic E-state index is -1.01. The minimum absolute atomic E-state index is 0.0826. The predicted octanol–water partition coefficient (Wildman–Crippen LogP) is 4.14. The van der Waals surface area contributed by atoms with E-state index in [-0.39, 0.29) is 18.3 Å². The second kappa shape index (κ2) is 13.1. The van der Waals surface area contributed by atoms with Crippen molar-refractivity contribution in [3.63, 3.8) is 0 Å². The number of nitrogens with zero attached hydrogens (tertiary/aromatic N) is 3. The zero-order valence-corrected chi connectivity index (χ0v) is 20.4. The van der Waals surface area contributed by atoms with Crippen LogP contribution in [0, 0.1) is 0 Å². The second-order valence-electron chi connectivity index (χ2n) is 7.65. The molecule has 1 fully saturated rings. The zero-order valence-electron chi connectivity index (χ0n) is 19.6. The van der Waals surface area contributed by atoms with E-state index in [0.29, 0.717) is 5.56 Å². The number of benzene rings is 2. The highest BCUT2D eigenvalue weighted by Crippen LogP contribution is 2.35.